The molecule has 9 heteroatoms. The maximum absolute atomic E-state index is 13.7. The zero-order chi connectivity index (χ0) is 26.5. The van der Waals surface area contributed by atoms with E-state index in [2.05, 4.69) is 28.0 Å². The number of aromatic nitrogens is 3. The topological polar surface area (TPSA) is 101 Å². The second-order valence-electron chi connectivity index (χ2n) is 10.1. The molecule has 200 valence electrons. The number of amides is 1. The van der Waals surface area contributed by atoms with Crippen LogP contribution in [0.5, 0.6) is 5.75 Å². The lowest BCUT2D eigenvalue weighted by Gasteiger charge is -2.29. The summed E-state index contributed by atoms with van der Waals surface area (Å²) < 4.78 is 7.50. The number of carboxylic acid groups (broad SMARTS) is 1. The van der Waals surface area contributed by atoms with Crippen LogP contribution in [0.15, 0.2) is 61.2 Å². The zero-order valence-corrected chi connectivity index (χ0v) is 21.8. The predicted octanol–water partition coefficient (Wildman–Crippen LogP) is 3.61. The molecular formula is C29H35N5O4. The van der Waals surface area contributed by atoms with Crippen LogP contribution in [0.3, 0.4) is 0 Å². The average Bonchev–Trinajstić information content (AvgIpc) is 3.68. The fraction of sp³-hybridized carbons (Fsp3) is 0.448. The van der Waals surface area contributed by atoms with E-state index in [1.165, 1.54) is 0 Å². The molecule has 1 amide bonds. The largest absolute Gasteiger partial charge is 0.493 e. The van der Waals surface area contributed by atoms with Crippen LogP contribution in [0.1, 0.15) is 43.2 Å². The molecule has 0 spiro atoms. The SMILES string of the molecule is CCCCN(C(=O)CN1CC(c2ccc3c(c2)CCO3)C(C(=O)O)C1CCn1cccn1)c1cccnc1. The van der Waals surface area contributed by atoms with Gasteiger partial charge in [-0.05, 0) is 48.2 Å². The van der Waals surface area contributed by atoms with Gasteiger partial charge in [0.2, 0.25) is 5.91 Å². The number of nitrogens with zero attached hydrogens (tertiary/aromatic N) is 5. The van der Waals surface area contributed by atoms with Gasteiger partial charge in [0.1, 0.15) is 5.75 Å². The summed E-state index contributed by atoms with van der Waals surface area (Å²) in [6.45, 7) is 4.59. The Morgan fingerprint density at radius 1 is 1.21 bits per heavy atom. The summed E-state index contributed by atoms with van der Waals surface area (Å²) in [5, 5.41) is 14.7. The van der Waals surface area contributed by atoms with Gasteiger partial charge in [-0.2, -0.15) is 5.10 Å². The van der Waals surface area contributed by atoms with Crippen LogP contribution >= 0.6 is 0 Å². The van der Waals surface area contributed by atoms with Gasteiger partial charge in [0.05, 0.1) is 31.0 Å². The molecule has 1 saturated heterocycles. The Morgan fingerprint density at radius 2 is 2.11 bits per heavy atom. The molecule has 0 saturated carbocycles. The molecule has 5 rings (SSSR count). The van der Waals surface area contributed by atoms with E-state index in [1.807, 2.05) is 41.2 Å². The van der Waals surface area contributed by atoms with Crippen molar-refractivity contribution in [2.45, 2.75) is 51.1 Å². The van der Waals surface area contributed by atoms with E-state index in [9.17, 15) is 14.7 Å². The fourth-order valence-electron chi connectivity index (χ4n) is 5.81. The van der Waals surface area contributed by atoms with Crippen molar-refractivity contribution in [1.29, 1.82) is 0 Å². The van der Waals surface area contributed by atoms with Gasteiger partial charge >= 0.3 is 5.97 Å². The second-order valence-corrected chi connectivity index (χ2v) is 10.1. The van der Waals surface area contributed by atoms with Crippen molar-refractivity contribution in [3.05, 3.63) is 72.3 Å². The summed E-state index contributed by atoms with van der Waals surface area (Å²) in [6.07, 6.45) is 10.3. The number of ether oxygens (including phenoxy) is 1. The Hall–Kier alpha value is -3.72. The Kier molecular flexibility index (Phi) is 8.03. The monoisotopic (exact) mass is 517 g/mol. The summed E-state index contributed by atoms with van der Waals surface area (Å²) in [5.74, 6) is -0.855. The number of carbonyl (C=O) groups excluding carboxylic acids is 1. The molecule has 38 heavy (non-hydrogen) atoms. The van der Waals surface area contributed by atoms with Crippen LogP contribution in [-0.2, 0) is 22.6 Å². The molecule has 1 N–H and O–H groups in total. The normalized spacial score (nSPS) is 20.7. The van der Waals surface area contributed by atoms with E-state index in [0.29, 0.717) is 32.7 Å². The first-order valence-corrected chi connectivity index (χ1v) is 13.5. The van der Waals surface area contributed by atoms with Gasteiger partial charge in [0, 0.05) is 56.6 Å². The summed E-state index contributed by atoms with van der Waals surface area (Å²) in [7, 11) is 0. The lowest BCUT2D eigenvalue weighted by molar-refractivity contribution is -0.143. The number of anilines is 1. The number of hydrogen-bond acceptors (Lipinski definition) is 6. The summed E-state index contributed by atoms with van der Waals surface area (Å²) in [4.78, 5) is 34.6. The van der Waals surface area contributed by atoms with E-state index in [4.69, 9.17) is 4.74 Å². The van der Waals surface area contributed by atoms with E-state index < -0.39 is 11.9 Å². The third-order valence-corrected chi connectivity index (χ3v) is 7.72. The third kappa shape index (κ3) is 5.57. The second kappa shape index (κ2) is 11.8. The fourth-order valence-corrected chi connectivity index (χ4v) is 5.81. The van der Waals surface area contributed by atoms with Gasteiger partial charge in [0.15, 0.2) is 0 Å². The molecule has 1 aromatic carbocycles. The van der Waals surface area contributed by atoms with E-state index in [0.717, 1.165) is 41.8 Å². The maximum Gasteiger partial charge on any atom is 0.308 e. The van der Waals surface area contributed by atoms with Crippen LogP contribution in [0, 0.1) is 5.92 Å². The standard InChI is InChI=1S/C29H35N5O4/c1-2-3-14-34(23-6-4-11-30-18-23)27(35)20-32-19-24(21-7-8-26-22(17-21)10-16-38-26)28(29(36)37)25(32)9-15-33-13-5-12-31-33/h4-8,11-13,17-18,24-25,28H,2-3,9-10,14-16,19-20H2,1H3,(H,36,37). The van der Waals surface area contributed by atoms with Crippen molar-refractivity contribution < 1.29 is 19.4 Å². The molecule has 2 aliphatic heterocycles. The number of pyridine rings is 1. The van der Waals surface area contributed by atoms with Crippen LogP contribution in [0.25, 0.3) is 0 Å². The van der Waals surface area contributed by atoms with Crippen LogP contribution in [-0.4, -0.2) is 68.9 Å². The highest BCUT2D eigenvalue weighted by Gasteiger charge is 2.47. The van der Waals surface area contributed by atoms with Gasteiger partial charge in [-0.3, -0.25) is 24.2 Å². The molecule has 1 fully saturated rings. The molecular weight excluding hydrogens is 482 g/mol. The van der Waals surface area contributed by atoms with Gasteiger partial charge in [-0.1, -0.05) is 25.5 Å². The van der Waals surface area contributed by atoms with Crippen LogP contribution in [0.2, 0.25) is 0 Å². The Morgan fingerprint density at radius 3 is 2.84 bits per heavy atom. The molecule has 2 aromatic heterocycles. The Balaban J connectivity index is 1.43. The number of carboxylic acids is 1. The van der Waals surface area contributed by atoms with Crippen LogP contribution < -0.4 is 9.64 Å². The highest BCUT2D eigenvalue weighted by molar-refractivity contribution is 5.94. The smallest absolute Gasteiger partial charge is 0.308 e. The minimum Gasteiger partial charge on any atom is -0.493 e. The highest BCUT2D eigenvalue weighted by Crippen LogP contribution is 2.41. The molecule has 3 aromatic rings. The number of aliphatic carboxylic acids is 1. The first kappa shape index (κ1) is 25.9. The van der Waals surface area contributed by atoms with Gasteiger partial charge in [-0.15, -0.1) is 0 Å². The number of unbranched alkanes of at least 4 members (excludes halogenated alkanes) is 1. The lowest BCUT2D eigenvalue weighted by Crippen LogP contribution is -2.45. The molecule has 9 nitrogen and oxygen atoms in total. The van der Waals surface area contributed by atoms with Crippen molar-refractivity contribution in [2.75, 3.05) is 31.1 Å². The number of benzene rings is 1. The molecule has 3 atom stereocenters. The van der Waals surface area contributed by atoms with E-state index in [1.54, 1.807) is 23.5 Å². The number of rotatable bonds is 11. The number of carbonyl (C=O) groups is 2. The molecule has 4 heterocycles. The first-order valence-electron chi connectivity index (χ1n) is 13.5. The molecule has 2 aliphatic rings. The number of likely N-dealkylation sites (tertiary alicyclic amines) is 1. The summed E-state index contributed by atoms with van der Waals surface area (Å²) in [6, 6.07) is 11.3. The van der Waals surface area contributed by atoms with Gasteiger partial charge in [-0.25, -0.2) is 0 Å². The minimum absolute atomic E-state index is 0.0392. The van der Waals surface area contributed by atoms with Crippen molar-refractivity contribution in [2.24, 2.45) is 5.92 Å². The van der Waals surface area contributed by atoms with Crippen molar-refractivity contribution in [3.63, 3.8) is 0 Å². The quantitative estimate of drug-likeness (QED) is 0.415. The third-order valence-electron chi connectivity index (χ3n) is 7.72. The van der Waals surface area contributed by atoms with E-state index in [-0.39, 0.29) is 24.4 Å². The van der Waals surface area contributed by atoms with Gasteiger partial charge in [0.25, 0.3) is 0 Å². The Bertz CT molecular complexity index is 1230. The first-order chi connectivity index (χ1) is 18.5. The number of hydrogen-bond donors (Lipinski definition) is 1. The predicted molar refractivity (Wildman–Crippen MR) is 143 cm³/mol. The average molecular weight is 518 g/mol. The molecule has 0 radical (unpaired) electrons. The van der Waals surface area contributed by atoms with Gasteiger partial charge < -0.3 is 14.7 Å². The number of fused-ring (bicyclic) bond motifs is 1. The summed E-state index contributed by atoms with van der Waals surface area (Å²) in [5.41, 5.74) is 2.88. The molecule has 0 bridgehead atoms. The highest BCUT2D eigenvalue weighted by atomic mass is 16.5. The van der Waals surface area contributed by atoms with Crippen molar-refractivity contribution >= 4 is 17.6 Å². The molecule has 0 aliphatic carbocycles. The summed E-state index contributed by atoms with van der Waals surface area (Å²) >= 11 is 0. The Labute approximate surface area is 223 Å². The zero-order valence-electron chi connectivity index (χ0n) is 21.8. The van der Waals surface area contributed by atoms with Crippen LogP contribution in [0.4, 0.5) is 5.69 Å². The van der Waals surface area contributed by atoms with E-state index >= 15 is 0 Å². The number of aryl methyl sites for hydroxylation is 1. The van der Waals surface area contributed by atoms with Crippen molar-refractivity contribution in [3.8, 4) is 5.75 Å². The maximum atomic E-state index is 13.7. The molecule has 3 unspecified atom stereocenters. The lowest BCUT2D eigenvalue weighted by atomic mass is 9.83. The van der Waals surface area contributed by atoms with Crippen molar-refractivity contribution in [1.82, 2.24) is 19.7 Å². The minimum atomic E-state index is -0.831.